The van der Waals surface area contributed by atoms with Crippen molar-refractivity contribution in [1.82, 2.24) is 0 Å². The third kappa shape index (κ3) is 1.56. The molecule has 0 amide bonds. The predicted molar refractivity (Wildman–Crippen MR) is 80.1 cm³/mol. The van der Waals surface area contributed by atoms with E-state index in [4.69, 9.17) is 9.47 Å². The summed E-state index contributed by atoms with van der Waals surface area (Å²) in [6, 6.07) is 8.26. The molecule has 0 aromatic heterocycles. The lowest BCUT2D eigenvalue weighted by Gasteiger charge is -2.63. The topological polar surface area (TPSA) is 38.7 Å². The third-order valence-electron chi connectivity index (χ3n) is 6.56. The average Bonchev–Trinajstić information content (AvgIpc) is 2.46. The van der Waals surface area contributed by atoms with E-state index in [2.05, 4.69) is 39.0 Å². The maximum Gasteiger partial charge on any atom is 0.125 e. The minimum absolute atomic E-state index is 0.0992. The van der Waals surface area contributed by atoms with Crippen molar-refractivity contribution in [3.8, 4) is 5.75 Å². The Bertz CT molecular complexity index is 571. The second-order valence-electron chi connectivity index (χ2n) is 7.50. The summed E-state index contributed by atoms with van der Waals surface area (Å²) in [7, 11) is 0. The van der Waals surface area contributed by atoms with Crippen molar-refractivity contribution in [3.05, 3.63) is 29.8 Å². The van der Waals surface area contributed by atoms with E-state index in [1.54, 1.807) is 0 Å². The molecule has 21 heavy (non-hydrogen) atoms. The molecule has 2 fully saturated rings. The number of aliphatic hydroxyl groups is 1. The molecule has 1 aromatic rings. The van der Waals surface area contributed by atoms with Crippen LogP contribution < -0.4 is 4.74 Å². The van der Waals surface area contributed by atoms with Crippen LogP contribution in [-0.4, -0.2) is 23.9 Å². The van der Waals surface area contributed by atoms with Gasteiger partial charge in [0.15, 0.2) is 0 Å². The summed E-state index contributed by atoms with van der Waals surface area (Å²) in [5, 5.41) is 10.1. The molecule has 0 unspecified atom stereocenters. The summed E-state index contributed by atoms with van der Waals surface area (Å²) < 4.78 is 12.7. The van der Waals surface area contributed by atoms with Gasteiger partial charge in [0.25, 0.3) is 0 Å². The molecule has 2 heterocycles. The van der Waals surface area contributed by atoms with Crippen LogP contribution in [0.3, 0.4) is 0 Å². The van der Waals surface area contributed by atoms with Crippen molar-refractivity contribution in [3.63, 3.8) is 0 Å². The highest BCUT2D eigenvalue weighted by Crippen LogP contribution is 2.63. The van der Waals surface area contributed by atoms with Crippen LogP contribution in [0.5, 0.6) is 5.75 Å². The van der Waals surface area contributed by atoms with Gasteiger partial charge in [-0.2, -0.15) is 0 Å². The van der Waals surface area contributed by atoms with Gasteiger partial charge in [0.2, 0.25) is 0 Å². The van der Waals surface area contributed by atoms with Crippen molar-refractivity contribution in [1.29, 1.82) is 0 Å². The zero-order valence-electron chi connectivity index (χ0n) is 13.0. The summed E-state index contributed by atoms with van der Waals surface area (Å²) >= 11 is 0. The molecule has 2 bridgehead atoms. The first-order valence-electron chi connectivity index (χ1n) is 8.02. The van der Waals surface area contributed by atoms with E-state index in [-0.39, 0.29) is 23.7 Å². The molecular formula is C18H24O3. The van der Waals surface area contributed by atoms with Gasteiger partial charge in [-0.25, -0.2) is 0 Å². The van der Waals surface area contributed by atoms with E-state index in [0.29, 0.717) is 24.4 Å². The molecule has 0 spiro atoms. The van der Waals surface area contributed by atoms with Crippen LogP contribution >= 0.6 is 0 Å². The van der Waals surface area contributed by atoms with Gasteiger partial charge in [0, 0.05) is 16.9 Å². The fourth-order valence-corrected chi connectivity index (χ4v) is 5.29. The number of hydrogen-bond acceptors (Lipinski definition) is 3. The molecule has 114 valence electrons. The molecule has 6 atom stereocenters. The third-order valence-corrected chi connectivity index (χ3v) is 6.56. The van der Waals surface area contributed by atoms with Gasteiger partial charge in [-0.1, -0.05) is 32.0 Å². The van der Waals surface area contributed by atoms with Gasteiger partial charge in [-0.05, 0) is 31.2 Å². The van der Waals surface area contributed by atoms with E-state index >= 15 is 0 Å². The Morgan fingerprint density at radius 1 is 1.29 bits per heavy atom. The second kappa shape index (κ2) is 4.23. The average molecular weight is 288 g/mol. The smallest absolute Gasteiger partial charge is 0.125 e. The standard InChI is InChI=1S/C18H24O3/c1-11-8-17(3)15-12(2)18(11,9-19)10-20-16(15)13-6-4-5-7-14(13)21-17/h4-7,11-12,15-16,19H,8-10H2,1-3H3/t11-,12-,15-,16-,17+,18+/m0/s1. The first kappa shape index (κ1) is 13.6. The number of hydrogen-bond donors (Lipinski definition) is 1. The van der Waals surface area contributed by atoms with Crippen molar-refractivity contribution in [2.45, 2.75) is 38.9 Å². The van der Waals surface area contributed by atoms with Gasteiger partial charge >= 0.3 is 0 Å². The second-order valence-corrected chi connectivity index (χ2v) is 7.50. The van der Waals surface area contributed by atoms with E-state index in [9.17, 15) is 5.11 Å². The lowest BCUT2D eigenvalue weighted by molar-refractivity contribution is -0.260. The predicted octanol–water partition coefficient (Wildman–Crippen LogP) is 3.18. The van der Waals surface area contributed by atoms with E-state index < -0.39 is 0 Å². The quantitative estimate of drug-likeness (QED) is 0.862. The monoisotopic (exact) mass is 288 g/mol. The molecular weight excluding hydrogens is 264 g/mol. The van der Waals surface area contributed by atoms with E-state index in [1.807, 2.05) is 6.07 Å². The van der Waals surface area contributed by atoms with Gasteiger partial charge in [-0.3, -0.25) is 0 Å². The summed E-state index contributed by atoms with van der Waals surface area (Å²) in [5.41, 5.74) is 0.862. The summed E-state index contributed by atoms with van der Waals surface area (Å²) in [6.07, 6.45) is 1.08. The number of para-hydroxylation sites is 1. The van der Waals surface area contributed by atoms with Gasteiger partial charge in [-0.15, -0.1) is 0 Å². The molecule has 3 heteroatoms. The summed E-state index contributed by atoms with van der Waals surface area (Å²) in [6.45, 7) is 7.60. The molecule has 0 radical (unpaired) electrons. The molecule has 2 aliphatic heterocycles. The van der Waals surface area contributed by atoms with Crippen LogP contribution in [0, 0.1) is 23.2 Å². The maximum atomic E-state index is 10.1. The Labute approximate surface area is 126 Å². The number of ether oxygens (including phenoxy) is 2. The number of fused-ring (bicyclic) bond motifs is 3. The Kier molecular flexibility index (Phi) is 2.74. The van der Waals surface area contributed by atoms with Crippen LogP contribution in [0.4, 0.5) is 0 Å². The van der Waals surface area contributed by atoms with Gasteiger partial charge in [0.1, 0.15) is 11.4 Å². The van der Waals surface area contributed by atoms with Crippen molar-refractivity contribution in [2.24, 2.45) is 23.2 Å². The fourth-order valence-electron chi connectivity index (χ4n) is 5.29. The molecule has 1 N–H and O–H groups in total. The molecule has 1 saturated carbocycles. The van der Waals surface area contributed by atoms with Crippen molar-refractivity contribution < 1.29 is 14.6 Å². The molecule has 3 aliphatic rings. The lowest BCUT2D eigenvalue weighted by atomic mass is 9.50. The molecule has 1 aromatic carbocycles. The normalized spacial score (nSPS) is 47.4. The highest BCUT2D eigenvalue weighted by molar-refractivity contribution is 5.40. The summed E-state index contributed by atoms with van der Waals surface area (Å²) in [5.74, 6) is 2.07. The lowest BCUT2D eigenvalue weighted by Crippen LogP contribution is -2.65. The zero-order chi connectivity index (χ0) is 14.8. The van der Waals surface area contributed by atoms with Gasteiger partial charge < -0.3 is 14.6 Å². The highest BCUT2D eigenvalue weighted by atomic mass is 16.5. The van der Waals surface area contributed by atoms with Crippen LogP contribution in [0.2, 0.25) is 0 Å². The molecule has 1 saturated heterocycles. The zero-order valence-corrected chi connectivity index (χ0v) is 13.0. The Balaban J connectivity index is 1.87. The number of benzene rings is 1. The van der Waals surface area contributed by atoms with E-state index in [1.165, 1.54) is 5.56 Å². The Morgan fingerprint density at radius 2 is 2.05 bits per heavy atom. The van der Waals surface area contributed by atoms with Crippen molar-refractivity contribution in [2.75, 3.05) is 13.2 Å². The van der Waals surface area contributed by atoms with Crippen LogP contribution in [-0.2, 0) is 4.74 Å². The van der Waals surface area contributed by atoms with E-state index in [0.717, 1.165) is 12.2 Å². The molecule has 4 rings (SSSR count). The first-order chi connectivity index (χ1) is 10.0. The summed E-state index contributed by atoms with van der Waals surface area (Å²) in [4.78, 5) is 0. The van der Waals surface area contributed by atoms with Crippen LogP contribution in [0.1, 0.15) is 38.9 Å². The van der Waals surface area contributed by atoms with Crippen LogP contribution in [0.15, 0.2) is 24.3 Å². The minimum Gasteiger partial charge on any atom is -0.487 e. The van der Waals surface area contributed by atoms with Crippen LogP contribution in [0.25, 0.3) is 0 Å². The SMILES string of the molecule is C[C@H]1C[C@@]2(C)Oc3ccccc3[C@@H]3OC[C@@]1(CO)[C@@H](C)[C@@H]32. The Morgan fingerprint density at radius 3 is 2.81 bits per heavy atom. The highest BCUT2D eigenvalue weighted by Gasteiger charge is 2.64. The minimum atomic E-state index is -0.197. The number of aliphatic hydroxyl groups excluding tert-OH is 1. The van der Waals surface area contributed by atoms with Crippen molar-refractivity contribution >= 4 is 0 Å². The fraction of sp³-hybridized carbons (Fsp3) is 0.667. The largest absolute Gasteiger partial charge is 0.487 e. The Hall–Kier alpha value is -1.06. The maximum absolute atomic E-state index is 10.1. The number of rotatable bonds is 1. The molecule has 3 nitrogen and oxygen atoms in total. The molecule has 1 aliphatic carbocycles. The van der Waals surface area contributed by atoms with Gasteiger partial charge in [0.05, 0.1) is 19.3 Å². The first-order valence-corrected chi connectivity index (χ1v) is 8.02.